The monoisotopic (exact) mass is 404 g/mol. The highest BCUT2D eigenvalue weighted by Gasteiger charge is 2.17. The first-order valence-electron chi connectivity index (χ1n) is 8.30. The quantitative estimate of drug-likeness (QED) is 0.533. The fourth-order valence-corrected chi connectivity index (χ4v) is 4.78. The summed E-state index contributed by atoms with van der Waals surface area (Å²) in [5, 5.41) is 17.0. The zero-order valence-corrected chi connectivity index (χ0v) is 17.0. The van der Waals surface area contributed by atoms with Crippen molar-refractivity contribution in [2.45, 2.75) is 36.4 Å². The Morgan fingerprint density at radius 2 is 2.04 bits per heavy atom. The Morgan fingerprint density at radius 1 is 1.23 bits per heavy atom. The van der Waals surface area contributed by atoms with Crippen molar-refractivity contribution in [2.75, 3.05) is 5.32 Å². The van der Waals surface area contributed by atoms with Gasteiger partial charge in [-0.05, 0) is 42.5 Å². The minimum atomic E-state index is -0.223. The first kappa shape index (κ1) is 18.9. The van der Waals surface area contributed by atoms with Crippen molar-refractivity contribution in [1.82, 2.24) is 15.5 Å². The molecule has 1 amide bonds. The van der Waals surface area contributed by atoms with Gasteiger partial charge in [0, 0.05) is 10.6 Å². The van der Waals surface area contributed by atoms with Crippen molar-refractivity contribution in [3.05, 3.63) is 52.2 Å². The van der Waals surface area contributed by atoms with Crippen LogP contribution in [-0.4, -0.2) is 21.4 Å². The van der Waals surface area contributed by atoms with Gasteiger partial charge in [-0.1, -0.05) is 48.2 Å². The number of aromatic nitrogens is 2. The summed E-state index contributed by atoms with van der Waals surface area (Å²) in [7, 11) is 0. The highest BCUT2D eigenvalue weighted by atomic mass is 32.2. The topological polar surface area (TPSA) is 66.9 Å². The van der Waals surface area contributed by atoms with Gasteiger partial charge in [0.1, 0.15) is 0 Å². The number of carbonyl (C=O) groups excluding carboxylic acids is 1. The van der Waals surface area contributed by atoms with Gasteiger partial charge < -0.3 is 10.6 Å². The molecule has 5 nitrogen and oxygen atoms in total. The molecule has 2 N–H and O–H groups in total. The smallest absolute Gasteiger partial charge is 0.233 e. The number of hydrogen-bond acceptors (Lipinski definition) is 7. The Kier molecular flexibility index (Phi) is 6.65. The molecule has 136 valence electrons. The van der Waals surface area contributed by atoms with E-state index in [1.54, 1.807) is 11.3 Å². The van der Waals surface area contributed by atoms with Crippen LogP contribution in [0.15, 0.2) is 46.1 Å². The third kappa shape index (κ3) is 5.30. The molecule has 2 heterocycles. The summed E-state index contributed by atoms with van der Waals surface area (Å²) in [5.41, 5.74) is 2.28. The minimum absolute atomic E-state index is 0.00302. The fraction of sp³-hybridized carbons (Fsp3) is 0.278. The molecule has 0 saturated carbocycles. The summed E-state index contributed by atoms with van der Waals surface area (Å²) in [6, 6.07) is 12.3. The lowest BCUT2D eigenvalue weighted by Gasteiger charge is -2.09. The van der Waals surface area contributed by atoms with Gasteiger partial charge in [-0.2, -0.15) is 0 Å². The van der Waals surface area contributed by atoms with Crippen LogP contribution in [0.3, 0.4) is 0 Å². The van der Waals surface area contributed by atoms with E-state index in [1.165, 1.54) is 28.7 Å². The van der Waals surface area contributed by atoms with Gasteiger partial charge in [0.25, 0.3) is 0 Å². The zero-order valence-electron chi connectivity index (χ0n) is 14.6. The predicted molar refractivity (Wildman–Crippen MR) is 110 cm³/mol. The van der Waals surface area contributed by atoms with Crippen LogP contribution >= 0.6 is 34.4 Å². The van der Waals surface area contributed by atoms with Gasteiger partial charge in [-0.15, -0.1) is 21.5 Å². The number of carbonyl (C=O) groups is 1. The van der Waals surface area contributed by atoms with Gasteiger partial charge in [-0.25, -0.2) is 0 Å². The molecular weight excluding hydrogens is 384 g/mol. The van der Waals surface area contributed by atoms with E-state index in [9.17, 15) is 4.79 Å². The summed E-state index contributed by atoms with van der Waals surface area (Å²) >= 11 is 4.51. The Labute approximate surface area is 165 Å². The average Bonchev–Trinajstić information content (AvgIpc) is 3.32. The molecule has 0 saturated heterocycles. The third-order valence-electron chi connectivity index (χ3n) is 3.68. The second-order valence-electron chi connectivity index (χ2n) is 5.61. The van der Waals surface area contributed by atoms with Crippen LogP contribution in [0.2, 0.25) is 0 Å². The van der Waals surface area contributed by atoms with E-state index < -0.39 is 0 Å². The summed E-state index contributed by atoms with van der Waals surface area (Å²) in [5.74, 6) is 0.00302. The lowest BCUT2D eigenvalue weighted by molar-refractivity contribution is -0.120. The van der Waals surface area contributed by atoms with Crippen molar-refractivity contribution in [3.63, 3.8) is 0 Å². The van der Waals surface area contributed by atoms with E-state index in [2.05, 4.69) is 39.9 Å². The molecule has 1 aromatic carbocycles. The van der Waals surface area contributed by atoms with Crippen molar-refractivity contribution in [1.29, 1.82) is 0 Å². The van der Waals surface area contributed by atoms with E-state index >= 15 is 0 Å². The van der Waals surface area contributed by atoms with Crippen LogP contribution in [0.25, 0.3) is 0 Å². The van der Waals surface area contributed by atoms with Gasteiger partial charge in [0.15, 0.2) is 4.34 Å². The zero-order chi connectivity index (χ0) is 18.4. The van der Waals surface area contributed by atoms with E-state index in [1.807, 2.05) is 36.6 Å². The highest BCUT2D eigenvalue weighted by Crippen LogP contribution is 2.30. The van der Waals surface area contributed by atoms with Crippen molar-refractivity contribution in [3.8, 4) is 0 Å². The van der Waals surface area contributed by atoms with E-state index in [0.717, 1.165) is 26.5 Å². The number of rotatable bonds is 8. The number of anilines is 2. The van der Waals surface area contributed by atoms with Crippen LogP contribution in [-0.2, 0) is 17.8 Å². The Morgan fingerprint density at radius 3 is 2.73 bits per heavy atom. The lowest BCUT2D eigenvalue weighted by atomic mass is 10.1. The molecule has 3 rings (SSSR count). The molecule has 2 aromatic heterocycles. The summed E-state index contributed by atoms with van der Waals surface area (Å²) in [6.45, 7) is 4.58. The lowest BCUT2D eigenvalue weighted by Crippen LogP contribution is -2.30. The number of thiophene rings is 1. The van der Waals surface area contributed by atoms with Crippen molar-refractivity contribution in [2.24, 2.45) is 0 Å². The molecular formula is C18H20N4OS3. The molecule has 0 aliphatic rings. The maximum absolute atomic E-state index is 12.2. The Bertz CT molecular complexity index is 831. The fourth-order valence-electron chi connectivity index (χ4n) is 2.19. The normalized spacial score (nSPS) is 11.9. The molecule has 0 bridgehead atoms. The molecule has 0 spiro atoms. The molecule has 26 heavy (non-hydrogen) atoms. The van der Waals surface area contributed by atoms with Gasteiger partial charge in [0.2, 0.25) is 11.0 Å². The molecule has 0 aliphatic carbocycles. The number of nitrogens with one attached hydrogen (secondary N) is 2. The van der Waals surface area contributed by atoms with Crippen LogP contribution in [0.5, 0.6) is 0 Å². The standard InChI is InChI=1S/C18H20N4OS3/c1-3-13-6-8-14(9-7-13)20-17-21-22-18(26-17)25-12(2)16(23)19-11-15-5-4-10-24-15/h4-10,12H,3,11H2,1-2H3,(H,19,23)(H,20,21)/t12-/m1/s1. The van der Waals surface area contributed by atoms with Gasteiger partial charge >= 0.3 is 0 Å². The first-order valence-corrected chi connectivity index (χ1v) is 10.9. The van der Waals surface area contributed by atoms with Gasteiger partial charge in [-0.3, -0.25) is 4.79 Å². The molecule has 0 radical (unpaired) electrons. The molecule has 0 aliphatic heterocycles. The Balaban J connectivity index is 1.51. The van der Waals surface area contributed by atoms with Crippen molar-refractivity contribution >= 4 is 51.2 Å². The van der Waals surface area contributed by atoms with E-state index in [0.29, 0.717) is 6.54 Å². The number of amides is 1. The van der Waals surface area contributed by atoms with Crippen LogP contribution < -0.4 is 10.6 Å². The van der Waals surface area contributed by atoms with Crippen molar-refractivity contribution < 1.29 is 4.79 Å². The number of aryl methyl sites for hydroxylation is 1. The van der Waals surface area contributed by atoms with Crippen LogP contribution in [0, 0.1) is 0 Å². The van der Waals surface area contributed by atoms with Gasteiger partial charge in [0.05, 0.1) is 11.8 Å². The molecule has 0 unspecified atom stereocenters. The molecule has 1 atom stereocenters. The second kappa shape index (κ2) is 9.16. The molecule has 3 aromatic rings. The second-order valence-corrected chi connectivity index (χ2v) is 9.20. The number of thioether (sulfide) groups is 1. The predicted octanol–water partition coefficient (Wildman–Crippen LogP) is 4.70. The first-order chi connectivity index (χ1) is 12.6. The molecule has 0 fully saturated rings. The maximum Gasteiger partial charge on any atom is 0.233 e. The summed E-state index contributed by atoms with van der Waals surface area (Å²) in [4.78, 5) is 13.4. The average molecular weight is 405 g/mol. The van der Waals surface area contributed by atoms with E-state index in [4.69, 9.17) is 0 Å². The van der Waals surface area contributed by atoms with Crippen LogP contribution in [0.4, 0.5) is 10.8 Å². The largest absolute Gasteiger partial charge is 0.350 e. The minimum Gasteiger partial charge on any atom is -0.350 e. The highest BCUT2D eigenvalue weighted by molar-refractivity contribution is 8.02. The summed E-state index contributed by atoms with van der Waals surface area (Å²) < 4.78 is 0.774. The summed E-state index contributed by atoms with van der Waals surface area (Å²) in [6.07, 6.45) is 1.02. The SMILES string of the molecule is CCc1ccc(Nc2nnc(S[C@H](C)C(=O)NCc3cccs3)s2)cc1. The van der Waals surface area contributed by atoms with Crippen LogP contribution in [0.1, 0.15) is 24.3 Å². The number of nitrogens with zero attached hydrogens (tertiary/aromatic N) is 2. The maximum atomic E-state index is 12.2. The number of benzene rings is 1. The third-order valence-corrected chi connectivity index (χ3v) is 6.58. The van der Waals surface area contributed by atoms with E-state index in [-0.39, 0.29) is 11.2 Å². The Hall–Kier alpha value is -1.90. The number of hydrogen-bond donors (Lipinski definition) is 2. The molecule has 8 heteroatoms.